The first-order valence-electron chi connectivity index (χ1n) is 5.35. The Kier molecular flexibility index (Phi) is 3.45. The van der Waals surface area contributed by atoms with Gasteiger partial charge in [0.25, 0.3) is 0 Å². The summed E-state index contributed by atoms with van der Waals surface area (Å²) in [5.74, 6) is 0.558. The van der Waals surface area contributed by atoms with E-state index in [2.05, 4.69) is 20.9 Å². The average Bonchev–Trinajstić information content (AvgIpc) is 2.14. The molecule has 1 fully saturated rings. The molecule has 1 aromatic heterocycles. The summed E-state index contributed by atoms with van der Waals surface area (Å²) in [5, 5.41) is -0.246. The van der Waals surface area contributed by atoms with E-state index in [9.17, 15) is 8.42 Å². The van der Waals surface area contributed by atoms with E-state index >= 15 is 0 Å². The number of nitrogens with zero attached hydrogens (tertiary/aromatic N) is 1. The second-order valence-corrected chi connectivity index (χ2v) is 7.56. The topological polar surface area (TPSA) is 56.3 Å². The highest BCUT2D eigenvalue weighted by atomic mass is 79.9. The van der Waals surface area contributed by atoms with Crippen LogP contribution in [0.1, 0.15) is 18.5 Å². The highest BCUT2D eigenvalue weighted by Gasteiger charge is 2.37. The second-order valence-electron chi connectivity index (χ2n) is 4.38. The molecule has 0 amide bonds. The number of ether oxygens (including phenoxy) is 1. The first-order chi connectivity index (χ1) is 7.86. The maximum atomic E-state index is 11.2. The third-order valence-corrected chi connectivity index (χ3v) is 5.37. The summed E-state index contributed by atoms with van der Waals surface area (Å²) in [4.78, 5) is 4.26. The van der Waals surface area contributed by atoms with E-state index < -0.39 is 9.84 Å². The summed E-state index contributed by atoms with van der Waals surface area (Å²) in [6.07, 6.45) is 2.38. The first kappa shape index (κ1) is 12.8. The normalized spacial score (nSPS) is 24.2. The summed E-state index contributed by atoms with van der Waals surface area (Å²) in [6, 6.07) is 3.66. The Labute approximate surface area is 109 Å². The average molecular weight is 320 g/mol. The minimum Gasteiger partial charge on any atom is -0.474 e. The maximum Gasteiger partial charge on any atom is 0.213 e. The van der Waals surface area contributed by atoms with Gasteiger partial charge in [-0.1, -0.05) is 0 Å². The minimum atomic E-state index is -2.91. The molecule has 1 aliphatic rings. The van der Waals surface area contributed by atoms with Gasteiger partial charge in [-0.3, -0.25) is 0 Å². The van der Waals surface area contributed by atoms with Gasteiger partial charge in [0.2, 0.25) is 5.88 Å². The molecule has 0 aromatic carbocycles. The number of aromatic nitrogens is 1. The van der Waals surface area contributed by atoms with Gasteiger partial charge in [0.05, 0.1) is 10.9 Å². The van der Waals surface area contributed by atoms with E-state index in [1.807, 2.05) is 13.0 Å². The Morgan fingerprint density at radius 2 is 2.06 bits per heavy atom. The van der Waals surface area contributed by atoms with Crippen LogP contribution < -0.4 is 4.74 Å². The van der Waals surface area contributed by atoms with Crippen LogP contribution in [0.3, 0.4) is 0 Å². The van der Waals surface area contributed by atoms with Crippen LogP contribution >= 0.6 is 15.9 Å². The number of aryl methyl sites for hydroxylation is 1. The zero-order valence-electron chi connectivity index (χ0n) is 9.68. The number of pyridine rings is 1. The van der Waals surface area contributed by atoms with Crippen molar-refractivity contribution in [2.24, 2.45) is 0 Å². The van der Waals surface area contributed by atoms with E-state index in [4.69, 9.17) is 4.74 Å². The van der Waals surface area contributed by atoms with Crippen molar-refractivity contribution in [3.05, 3.63) is 22.3 Å². The molecule has 1 aromatic rings. The predicted octanol–water partition coefficient (Wildman–Crippen LogP) is 2.11. The largest absolute Gasteiger partial charge is 0.474 e. The Balaban J connectivity index is 1.94. The van der Waals surface area contributed by atoms with Crippen LogP contribution in [-0.4, -0.2) is 31.0 Å². The number of rotatable bonds is 3. The monoisotopic (exact) mass is 319 g/mol. The zero-order valence-corrected chi connectivity index (χ0v) is 12.1. The molecule has 0 radical (unpaired) electrons. The van der Waals surface area contributed by atoms with Crippen LogP contribution in [0.2, 0.25) is 0 Å². The highest BCUT2D eigenvalue weighted by molar-refractivity contribution is 9.10. The molecular formula is C11H14BrNO3S. The summed E-state index contributed by atoms with van der Waals surface area (Å²) < 4.78 is 29.0. The van der Waals surface area contributed by atoms with E-state index in [0.29, 0.717) is 18.7 Å². The van der Waals surface area contributed by atoms with E-state index in [1.54, 1.807) is 6.07 Å². The van der Waals surface area contributed by atoms with Gasteiger partial charge < -0.3 is 4.74 Å². The molecule has 94 valence electrons. The number of hydrogen-bond acceptors (Lipinski definition) is 4. The fraction of sp³-hybridized carbons (Fsp3) is 0.545. The number of halogens is 1. The Morgan fingerprint density at radius 1 is 1.41 bits per heavy atom. The summed E-state index contributed by atoms with van der Waals surface area (Å²) >= 11 is 3.36. The smallest absolute Gasteiger partial charge is 0.213 e. The Morgan fingerprint density at radius 3 is 2.59 bits per heavy atom. The van der Waals surface area contributed by atoms with Crippen molar-refractivity contribution in [2.75, 3.05) is 6.26 Å². The lowest BCUT2D eigenvalue weighted by atomic mass is 9.95. The lowest BCUT2D eigenvalue weighted by molar-refractivity contribution is 0.117. The molecule has 2 rings (SSSR count). The predicted molar refractivity (Wildman–Crippen MR) is 69.0 cm³/mol. The van der Waals surface area contributed by atoms with Crippen LogP contribution in [-0.2, 0) is 9.84 Å². The van der Waals surface area contributed by atoms with Crippen LogP contribution in [0.5, 0.6) is 5.88 Å². The molecule has 1 aliphatic carbocycles. The highest BCUT2D eigenvalue weighted by Crippen LogP contribution is 2.30. The molecule has 1 saturated carbocycles. The molecule has 0 unspecified atom stereocenters. The zero-order chi connectivity index (χ0) is 12.6. The molecule has 0 saturated heterocycles. The SMILES string of the molecule is Cc1nc(OC2CC(S(C)(=O)=O)C2)ccc1Br. The van der Waals surface area contributed by atoms with Gasteiger partial charge >= 0.3 is 0 Å². The molecule has 0 bridgehead atoms. The van der Waals surface area contributed by atoms with Crippen LogP contribution in [0, 0.1) is 6.92 Å². The third-order valence-electron chi connectivity index (χ3n) is 2.94. The first-order valence-corrected chi connectivity index (χ1v) is 8.09. The van der Waals surface area contributed by atoms with Gasteiger partial charge in [0.15, 0.2) is 9.84 Å². The van der Waals surface area contributed by atoms with Crippen LogP contribution in [0.4, 0.5) is 0 Å². The van der Waals surface area contributed by atoms with Gasteiger partial charge in [-0.2, -0.15) is 0 Å². The van der Waals surface area contributed by atoms with Gasteiger partial charge in [0, 0.05) is 29.6 Å². The summed E-state index contributed by atoms with van der Waals surface area (Å²) in [6.45, 7) is 1.89. The van der Waals surface area contributed by atoms with Crippen molar-refractivity contribution in [1.82, 2.24) is 4.98 Å². The molecule has 0 atom stereocenters. The van der Waals surface area contributed by atoms with Crippen molar-refractivity contribution >= 4 is 25.8 Å². The molecule has 17 heavy (non-hydrogen) atoms. The standard InChI is InChI=1S/C11H14BrNO3S/c1-7-10(12)3-4-11(13-7)16-8-5-9(6-8)17(2,14)15/h3-4,8-9H,5-6H2,1-2H3. The second kappa shape index (κ2) is 4.57. The van der Waals surface area contributed by atoms with Crippen molar-refractivity contribution in [3.63, 3.8) is 0 Å². The number of sulfone groups is 1. The van der Waals surface area contributed by atoms with Gasteiger partial charge in [-0.05, 0) is 28.9 Å². The molecule has 0 N–H and O–H groups in total. The molecule has 4 nitrogen and oxygen atoms in total. The minimum absolute atomic E-state index is 0.0252. The van der Waals surface area contributed by atoms with Crippen molar-refractivity contribution in [1.29, 1.82) is 0 Å². The summed E-state index contributed by atoms with van der Waals surface area (Å²) in [7, 11) is -2.91. The molecule has 0 spiro atoms. The van der Waals surface area contributed by atoms with E-state index in [-0.39, 0.29) is 11.4 Å². The van der Waals surface area contributed by atoms with Crippen molar-refractivity contribution < 1.29 is 13.2 Å². The fourth-order valence-electron chi connectivity index (χ4n) is 1.72. The lowest BCUT2D eigenvalue weighted by Crippen LogP contribution is -2.42. The van der Waals surface area contributed by atoms with Crippen molar-refractivity contribution in [3.8, 4) is 5.88 Å². The van der Waals surface area contributed by atoms with Crippen molar-refractivity contribution in [2.45, 2.75) is 31.1 Å². The van der Waals surface area contributed by atoms with E-state index in [0.717, 1.165) is 10.2 Å². The molecule has 1 heterocycles. The molecular weight excluding hydrogens is 306 g/mol. The van der Waals surface area contributed by atoms with Gasteiger partial charge in [-0.15, -0.1) is 0 Å². The third kappa shape index (κ3) is 2.98. The Hall–Kier alpha value is -0.620. The molecule has 0 aliphatic heterocycles. The van der Waals surface area contributed by atoms with E-state index in [1.165, 1.54) is 6.26 Å². The van der Waals surface area contributed by atoms with Crippen LogP contribution in [0.15, 0.2) is 16.6 Å². The maximum absolute atomic E-state index is 11.2. The van der Waals surface area contributed by atoms with Gasteiger partial charge in [0.1, 0.15) is 6.10 Å². The summed E-state index contributed by atoms with van der Waals surface area (Å²) in [5.41, 5.74) is 0.862. The molecule has 6 heteroatoms. The lowest BCUT2D eigenvalue weighted by Gasteiger charge is -2.33. The van der Waals surface area contributed by atoms with Gasteiger partial charge in [-0.25, -0.2) is 13.4 Å². The quantitative estimate of drug-likeness (QED) is 0.856. The van der Waals surface area contributed by atoms with Crippen LogP contribution in [0.25, 0.3) is 0 Å². The number of hydrogen-bond donors (Lipinski definition) is 0. The fourth-order valence-corrected chi connectivity index (χ4v) is 3.07. The Bertz CT molecular complexity index is 524.